The summed E-state index contributed by atoms with van der Waals surface area (Å²) in [4.78, 5) is 0. The molecule has 0 aromatic rings. The van der Waals surface area contributed by atoms with E-state index in [4.69, 9.17) is 0 Å². The second-order valence-corrected chi connectivity index (χ2v) is 4.74. The molecule has 1 rings (SSSR count). The summed E-state index contributed by atoms with van der Waals surface area (Å²) in [5.41, 5.74) is 0. The van der Waals surface area contributed by atoms with Gasteiger partial charge in [-0.05, 0) is 37.5 Å². The van der Waals surface area contributed by atoms with Gasteiger partial charge in [-0.25, -0.2) is 0 Å². The van der Waals surface area contributed by atoms with Gasteiger partial charge in [0.25, 0.3) is 0 Å². The lowest BCUT2D eigenvalue weighted by molar-refractivity contribution is 0.0778. The number of hydrogen-bond donors (Lipinski definition) is 1. The highest BCUT2D eigenvalue weighted by Crippen LogP contribution is 2.26. The Balaban J connectivity index is 2.26. The second kappa shape index (κ2) is 6.23. The van der Waals surface area contributed by atoms with Gasteiger partial charge in [-0.1, -0.05) is 38.8 Å². The van der Waals surface area contributed by atoms with Crippen molar-refractivity contribution in [1.29, 1.82) is 0 Å². The Labute approximate surface area is 88.2 Å². The summed E-state index contributed by atoms with van der Waals surface area (Å²) in [7, 11) is 0. The summed E-state index contributed by atoms with van der Waals surface area (Å²) in [5, 5.41) is 10.0. The van der Waals surface area contributed by atoms with Crippen LogP contribution in [0.25, 0.3) is 0 Å². The van der Waals surface area contributed by atoms with Gasteiger partial charge in [-0.3, -0.25) is 0 Å². The molecule has 1 N–H and O–H groups in total. The Kier molecular flexibility index (Phi) is 5.24. The van der Waals surface area contributed by atoms with Crippen molar-refractivity contribution in [2.24, 2.45) is 11.8 Å². The molecule has 1 nitrogen and oxygen atoms in total. The fourth-order valence-electron chi connectivity index (χ4n) is 2.38. The third-order valence-electron chi connectivity index (χ3n) is 3.28. The molecule has 3 atom stereocenters. The maximum atomic E-state index is 10.0. The lowest BCUT2D eigenvalue weighted by Crippen LogP contribution is -2.23. The monoisotopic (exact) mass is 196 g/mol. The van der Waals surface area contributed by atoms with E-state index in [9.17, 15) is 5.11 Å². The highest BCUT2D eigenvalue weighted by molar-refractivity contribution is 4.92. The molecule has 0 amide bonds. The largest absolute Gasteiger partial charge is 0.393 e. The van der Waals surface area contributed by atoms with Crippen LogP contribution in [0.15, 0.2) is 12.2 Å². The molecule has 0 saturated carbocycles. The minimum absolute atomic E-state index is 0.0681. The zero-order chi connectivity index (χ0) is 10.4. The van der Waals surface area contributed by atoms with Gasteiger partial charge >= 0.3 is 0 Å². The van der Waals surface area contributed by atoms with Crippen LogP contribution in [0.3, 0.4) is 0 Å². The van der Waals surface area contributed by atoms with Gasteiger partial charge in [0.05, 0.1) is 6.10 Å². The van der Waals surface area contributed by atoms with Gasteiger partial charge in [0, 0.05) is 0 Å². The standard InChI is InChI=1S/C13H24O/c1-3-7-11(2)10-13(14)12-8-5-4-6-9-12/h4-5,11-14H,3,6-10H2,1-2H3. The van der Waals surface area contributed by atoms with Gasteiger partial charge < -0.3 is 5.11 Å². The van der Waals surface area contributed by atoms with E-state index < -0.39 is 0 Å². The topological polar surface area (TPSA) is 20.2 Å². The molecular weight excluding hydrogens is 172 g/mol. The quantitative estimate of drug-likeness (QED) is 0.667. The molecule has 0 heterocycles. The number of aliphatic hydroxyl groups excluding tert-OH is 1. The van der Waals surface area contributed by atoms with E-state index in [-0.39, 0.29) is 6.10 Å². The molecule has 14 heavy (non-hydrogen) atoms. The van der Waals surface area contributed by atoms with Crippen LogP contribution in [0.2, 0.25) is 0 Å². The summed E-state index contributed by atoms with van der Waals surface area (Å²) in [6.07, 6.45) is 11.3. The van der Waals surface area contributed by atoms with E-state index in [1.54, 1.807) is 0 Å². The lowest BCUT2D eigenvalue weighted by atomic mass is 9.84. The number of hydrogen-bond acceptors (Lipinski definition) is 1. The van der Waals surface area contributed by atoms with Crippen molar-refractivity contribution >= 4 is 0 Å². The van der Waals surface area contributed by atoms with Gasteiger partial charge in [0.15, 0.2) is 0 Å². The van der Waals surface area contributed by atoms with E-state index >= 15 is 0 Å². The SMILES string of the molecule is CCCC(C)CC(O)C1CC=CCC1. The van der Waals surface area contributed by atoms with Crippen molar-refractivity contribution in [3.8, 4) is 0 Å². The van der Waals surface area contributed by atoms with E-state index in [1.165, 1.54) is 19.3 Å². The third kappa shape index (κ3) is 3.83. The molecular formula is C13H24O. The number of rotatable bonds is 5. The van der Waals surface area contributed by atoms with Crippen LogP contribution < -0.4 is 0 Å². The molecule has 0 aliphatic heterocycles. The Bertz CT molecular complexity index is 174. The van der Waals surface area contributed by atoms with Crippen LogP contribution in [0.1, 0.15) is 52.4 Å². The Morgan fingerprint density at radius 3 is 2.79 bits per heavy atom. The molecule has 0 radical (unpaired) electrons. The van der Waals surface area contributed by atoms with Crippen molar-refractivity contribution in [1.82, 2.24) is 0 Å². The average Bonchev–Trinajstić information content (AvgIpc) is 2.19. The maximum absolute atomic E-state index is 10.0. The number of aliphatic hydroxyl groups is 1. The minimum atomic E-state index is -0.0681. The third-order valence-corrected chi connectivity index (χ3v) is 3.28. The first-order valence-electron chi connectivity index (χ1n) is 6.07. The van der Waals surface area contributed by atoms with Crippen LogP contribution in [0.5, 0.6) is 0 Å². The predicted molar refractivity (Wildman–Crippen MR) is 61.2 cm³/mol. The summed E-state index contributed by atoms with van der Waals surface area (Å²) >= 11 is 0. The predicted octanol–water partition coefficient (Wildman–Crippen LogP) is 3.53. The van der Waals surface area contributed by atoms with Crippen LogP contribution in [-0.2, 0) is 0 Å². The Hall–Kier alpha value is -0.300. The van der Waals surface area contributed by atoms with Crippen molar-refractivity contribution in [2.45, 2.75) is 58.5 Å². The van der Waals surface area contributed by atoms with E-state index in [1.807, 2.05) is 0 Å². The highest BCUT2D eigenvalue weighted by atomic mass is 16.3. The molecule has 0 aromatic carbocycles. The minimum Gasteiger partial charge on any atom is -0.393 e. The fraction of sp³-hybridized carbons (Fsp3) is 0.846. The van der Waals surface area contributed by atoms with Crippen molar-refractivity contribution in [3.05, 3.63) is 12.2 Å². The van der Waals surface area contributed by atoms with Crippen LogP contribution in [0, 0.1) is 11.8 Å². The fourth-order valence-corrected chi connectivity index (χ4v) is 2.38. The molecule has 82 valence electrons. The summed E-state index contributed by atoms with van der Waals surface area (Å²) < 4.78 is 0. The first kappa shape index (κ1) is 11.8. The first-order valence-corrected chi connectivity index (χ1v) is 6.07. The van der Waals surface area contributed by atoms with Crippen molar-refractivity contribution in [2.75, 3.05) is 0 Å². The lowest BCUT2D eigenvalue weighted by Gasteiger charge is -2.25. The molecule has 0 saturated heterocycles. The van der Waals surface area contributed by atoms with Gasteiger partial charge in [-0.2, -0.15) is 0 Å². The molecule has 3 unspecified atom stereocenters. The van der Waals surface area contributed by atoms with Crippen molar-refractivity contribution in [3.63, 3.8) is 0 Å². The van der Waals surface area contributed by atoms with Gasteiger partial charge in [0.1, 0.15) is 0 Å². The molecule has 1 aliphatic rings. The van der Waals surface area contributed by atoms with Crippen LogP contribution >= 0.6 is 0 Å². The molecule has 0 fully saturated rings. The Morgan fingerprint density at radius 2 is 2.21 bits per heavy atom. The molecule has 1 aliphatic carbocycles. The van der Waals surface area contributed by atoms with Gasteiger partial charge in [-0.15, -0.1) is 0 Å². The van der Waals surface area contributed by atoms with Crippen LogP contribution in [0.4, 0.5) is 0 Å². The van der Waals surface area contributed by atoms with E-state index in [0.717, 1.165) is 19.3 Å². The Morgan fingerprint density at radius 1 is 1.43 bits per heavy atom. The second-order valence-electron chi connectivity index (χ2n) is 4.74. The molecule has 1 heteroatoms. The van der Waals surface area contributed by atoms with Gasteiger partial charge in [0.2, 0.25) is 0 Å². The highest BCUT2D eigenvalue weighted by Gasteiger charge is 2.20. The molecule has 0 spiro atoms. The summed E-state index contributed by atoms with van der Waals surface area (Å²) in [6, 6.07) is 0. The number of allylic oxidation sites excluding steroid dienone is 2. The van der Waals surface area contributed by atoms with Crippen LogP contribution in [-0.4, -0.2) is 11.2 Å². The van der Waals surface area contributed by atoms with Crippen molar-refractivity contribution < 1.29 is 5.11 Å². The zero-order valence-electron chi connectivity index (χ0n) is 9.58. The maximum Gasteiger partial charge on any atom is 0.0574 e. The average molecular weight is 196 g/mol. The molecule has 0 bridgehead atoms. The summed E-state index contributed by atoms with van der Waals surface area (Å²) in [6.45, 7) is 4.47. The summed E-state index contributed by atoms with van der Waals surface area (Å²) in [5.74, 6) is 1.21. The normalized spacial score (nSPS) is 26.1. The van der Waals surface area contributed by atoms with E-state index in [2.05, 4.69) is 26.0 Å². The molecule has 0 aromatic heterocycles. The van der Waals surface area contributed by atoms with E-state index in [0.29, 0.717) is 11.8 Å². The smallest absolute Gasteiger partial charge is 0.0574 e. The zero-order valence-corrected chi connectivity index (χ0v) is 9.58. The first-order chi connectivity index (χ1) is 6.74.